The first-order valence-electron chi connectivity index (χ1n) is 5.04. The van der Waals surface area contributed by atoms with Gasteiger partial charge in [-0.25, -0.2) is 4.98 Å². The van der Waals surface area contributed by atoms with Crippen molar-refractivity contribution in [2.45, 2.75) is 12.8 Å². The summed E-state index contributed by atoms with van der Waals surface area (Å²) in [6, 6.07) is 8.03. The normalized spacial score (nSPS) is 12.7. The molecule has 0 aliphatic heterocycles. The molecular formula is C12H12BrNOS. The number of aliphatic hydroxyl groups is 1. The Morgan fingerprint density at radius 3 is 2.88 bits per heavy atom. The summed E-state index contributed by atoms with van der Waals surface area (Å²) in [5.74, 6) is 0.161. The third-order valence-corrected chi connectivity index (χ3v) is 4.34. The van der Waals surface area contributed by atoms with Crippen LogP contribution in [0, 0.1) is 0 Å². The second kappa shape index (κ2) is 5.08. The Labute approximate surface area is 107 Å². The number of aromatic nitrogens is 1. The van der Waals surface area contributed by atoms with Gasteiger partial charge in [-0.3, -0.25) is 0 Å². The van der Waals surface area contributed by atoms with E-state index in [9.17, 15) is 0 Å². The minimum absolute atomic E-state index is 0.161. The van der Waals surface area contributed by atoms with Crippen LogP contribution in [0.4, 0.5) is 0 Å². The first kappa shape index (κ1) is 11.8. The topological polar surface area (TPSA) is 33.1 Å². The van der Waals surface area contributed by atoms with Gasteiger partial charge >= 0.3 is 0 Å². The molecule has 2 aromatic rings. The fourth-order valence-corrected chi connectivity index (χ4v) is 2.97. The summed E-state index contributed by atoms with van der Waals surface area (Å²) in [4.78, 5) is 5.51. The van der Waals surface area contributed by atoms with Crippen molar-refractivity contribution in [1.29, 1.82) is 0 Å². The minimum atomic E-state index is 0.161. The van der Waals surface area contributed by atoms with Gasteiger partial charge in [-0.1, -0.05) is 41.1 Å². The van der Waals surface area contributed by atoms with E-state index in [1.807, 2.05) is 37.4 Å². The van der Waals surface area contributed by atoms with E-state index in [0.717, 1.165) is 19.9 Å². The molecule has 0 bridgehead atoms. The number of benzene rings is 1. The number of halogens is 1. The van der Waals surface area contributed by atoms with Crippen LogP contribution in [0.2, 0.25) is 0 Å². The number of rotatable bonds is 3. The van der Waals surface area contributed by atoms with Gasteiger partial charge in [0.15, 0.2) is 0 Å². The second-order valence-electron chi connectivity index (χ2n) is 3.63. The van der Waals surface area contributed by atoms with Crippen LogP contribution in [0.3, 0.4) is 0 Å². The predicted octanol–water partition coefficient (Wildman–Crippen LogP) is 3.67. The second-order valence-corrected chi connectivity index (χ2v) is 5.55. The van der Waals surface area contributed by atoms with Crippen molar-refractivity contribution >= 4 is 27.3 Å². The predicted molar refractivity (Wildman–Crippen MR) is 70.8 cm³/mol. The Hall–Kier alpha value is -0.710. The van der Waals surface area contributed by atoms with E-state index in [-0.39, 0.29) is 12.5 Å². The summed E-state index contributed by atoms with van der Waals surface area (Å²) < 4.78 is 1.05. The van der Waals surface area contributed by atoms with E-state index >= 15 is 0 Å². The van der Waals surface area contributed by atoms with E-state index in [1.165, 1.54) is 0 Å². The lowest BCUT2D eigenvalue weighted by Gasteiger charge is -2.02. The molecule has 2 rings (SSSR count). The smallest absolute Gasteiger partial charge is 0.124 e. The van der Waals surface area contributed by atoms with E-state index in [0.29, 0.717) is 0 Å². The van der Waals surface area contributed by atoms with Crippen LogP contribution in [0.15, 0.2) is 34.9 Å². The van der Waals surface area contributed by atoms with Gasteiger partial charge in [0, 0.05) is 27.0 Å². The van der Waals surface area contributed by atoms with Gasteiger partial charge in [0.2, 0.25) is 0 Å². The van der Waals surface area contributed by atoms with Crippen molar-refractivity contribution in [3.8, 4) is 10.6 Å². The van der Waals surface area contributed by atoms with Crippen LogP contribution in [0.5, 0.6) is 0 Å². The van der Waals surface area contributed by atoms with Crippen molar-refractivity contribution in [1.82, 2.24) is 4.98 Å². The Morgan fingerprint density at radius 2 is 2.19 bits per heavy atom. The molecule has 0 saturated heterocycles. The van der Waals surface area contributed by atoms with E-state index in [2.05, 4.69) is 20.9 Å². The fraction of sp³-hybridized carbons (Fsp3) is 0.250. The summed E-state index contributed by atoms with van der Waals surface area (Å²) in [7, 11) is 0. The summed E-state index contributed by atoms with van der Waals surface area (Å²) in [5.41, 5.74) is 1.10. The van der Waals surface area contributed by atoms with Crippen molar-refractivity contribution in [2.75, 3.05) is 6.61 Å². The molecule has 2 nitrogen and oxygen atoms in total. The third kappa shape index (κ3) is 2.34. The molecule has 1 atom stereocenters. The highest BCUT2D eigenvalue weighted by atomic mass is 79.9. The van der Waals surface area contributed by atoms with Crippen molar-refractivity contribution in [3.63, 3.8) is 0 Å². The maximum atomic E-state index is 9.09. The van der Waals surface area contributed by atoms with Crippen LogP contribution >= 0.6 is 27.3 Å². The largest absolute Gasteiger partial charge is 0.396 e. The standard InChI is InChI=1S/C12H12BrNOS/c1-8(7-15)11-6-14-12(16-11)9-4-2-3-5-10(9)13/h2-6,8,15H,7H2,1H3. The number of nitrogens with zero attached hydrogens (tertiary/aromatic N) is 1. The molecule has 0 spiro atoms. The number of hydrogen-bond donors (Lipinski definition) is 1. The average molecular weight is 298 g/mol. The Balaban J connectivity index is 2.35. The van der Waals surface area contributed by atoms with Gasteiger partial charge in [0.1, 0.15) is 5.01 Å². The van der Waals surface area contributed by atoms with Crippen LogP contribution in [0.1, 0.15) is 17.7 Å². The molecule has 0 fully saturated rings. The molecule has 0 aliphatic carbocycles. The SMILES string of the molecule is CC(CO)c1cnc(-c2ccccc2Br)s1. The highest BCUT2D eigenvalue weighted by Crippen LogP contribution is 2.33. The maximum absolute atomic E-state index is 9.09. The molecule has 0 radical (unpaired) electrons. The lowest BCUT2D eigenvalue weighted by Crippen LogP contribution is -1.94. The Morgan fingerprint density at radius 1 is 1.44 bits per heavy atom. The zero-order valence-corrected chi connectivity index (χ0v) is 11.3. The van der Waals surface area contributed by atoms with Crippen molar-refractivity contribution < 1.29 is 5.11 Å². The highest BCUT2D eigenvalue weighted by molar-refractivity contribution is 9.10. The molecule has 1 N–H and O–H groups in total. The van der Waals surface area contributed by atoms with Gasteiger partial charge in [-0.05, 0) is 6.07 Å². The lowest BCUT2D eigenvalue weighted by molar-refractivity contribution is 0.274. The molecule has 1 aromatic heterocycles. The number of hydrogen-bond acceptors (Lipinski definition) is 3. The van der Waals surface area contributed by atoms with Crippen molar-refractivity contribution in [2.24, 2.45) is 0 Å². The summed E-state index contributed by atoms with van der Waals surface area (Å²) in [6.45, 7) is 2.16. The van der Waals surface area contributed by atoms with Crippen LogP contribution in [0.25, 0.3) is 10.6 Å². The Kier molecular flexibility index (Phi) is 3.74. The molecule has 4 heteroatoms. The lowest BCUT2D eigenvalue weighted by atomic mass is 10.2. The molecule has 0 aliphatic rings. The average Bonchev–Trinajstić information content (AvgIpc) is 2.78. The number of thiazole rings is 1. The molecular weight excluding hydrogens is 286 g/mol. The third-order valence-electron chi connectivity index (χ3n) is 2.39. The van der Waals surface area contributed by atoms with Gasteiger partial charge in [-0.2, -0.15) is 0 Å². The fourth-order valence-electron chi connectivity index (χ4n) is 1.36. The molecule has 0 saturated carbocycles. The molecule has 1 unspecified atom stereocenters. The van der Waals surface area contributed by atoms with Crippen LogP contribution in [-0.2, 0) is 0 Å². The minimum Gasteiger partial charge on any atom is -0.396 e. The first-order chi connectivity index (χ1) is 7.72. The molecule has 84 valence electrons. The van der Waals surface area contributed by atoms with Gasteiger partial charge in [0.05, 0.1) is 6.61 Å². The summed E-state index contributed by atoms with van der Waals surface area (Å²) >= 11 is 5.15. The maximum Gasteiger partial charge on any atom is 0.124 e. The molecule has 1 heterocycles. The summed E-state index contributed by atoms with van der Waals surface area (Å²) in [5, 5.41) is 10.1. The van der Waals surface area contributed by atoms with Crippen LogP contribution < -0.4 is 0 Å². The Bertz CT molecular complexity index is 483. The summed E-state index contributed by atoms with van der Waals surface area (Å²) in [6.07, 6.45) is 1.85. The molecule has 0 amide bonds. The number of aliphatic hydroxyl groups excluding tert-OH is 1. The zero-order valence-electron chi connectivity index (χ0n) is 8.85. The van der Waals surface area contributed by atoms with E-state index < -0.39 is 0 Å². The van der Waals surface area contributed by atoms with Gasteiger partial charge in [0.25, 0.3) is 0 Å². The quantitative estimate of drug-likeness (QED) is 0.938. The van der Waals surface area contributed by atoms with Gasteiger partial charge < -0.3 is 5.11 Å². The van der Waals surface area contributed by atoms with Crippen LogP contribution in [-0.4, -0.2) is 16.7 Å². The van der Waals surface area contributed by atoms with E-state index in [1.54, 1.807) is 11.3 Å². The zero-order chi connectivity index (χ0) is 11.5. The molecule has 16 heavy (non-hydrogen) atoms. The monoisotopic (exact) mass is 297 g/mol. The van der Waals surface area contributed by atoms with Crippen molar-refractivity contribution in [3.05, 3.63) is 39.8 Å². The highest BCUT2D eigenvalue weighted by Gasteiger charge is 2.11. The van der Waals surface area contributed by atoms with Gasteiger partial charge in [-0.15, -0.1) is 11.3 Å². The van der Waals surface area contributed by atoms with E-state index in [4.69, 9.17) is 5.11 Å². The molecule has 1 aromatic carbocycles. The first-order valence-corrected chi connectivity index (χ1v) is 6.65.